The molecule has 0 N–H and O–H groups in total. The summed E-state index contributed by atoms with van der Waals surface area (Å²) in [4.78, 5) is 25.7. The first-order valence-corrected chi connectivity index (χ1v) is 8.83. The van der Waals surface area contributed by atoms with E-state index in [1.807, 2.05) is 4.90 Å². The van der Waals surface area contributed by atoms with Crippen LogP contribution in [0.1, 0.15) is 51.9 Å². The Morgan fingerprint density at radius 1 is 1.19 bits per heavy atom. The number of carbonyl (C=O) groups excluding carboxylic acids is 2. The van der Waals surface area contributed by atoms with Gasteiger partial charge in [0.05, 0.1) is 5.92 Å². The van der Waals surface area contributed by atoms with E-state index >= 15 is 0 Å². The number of likely N-dealkylation sites (tertiary alicyclic amines) is 1. The van der Waals surface area contributed by atoms with Crippen molar-refractivity contribution in [2.45, 2.75) is 57.9 Å². The fourth-order valence-electron chi connectivity index (χ4n) is 6.28. The Morgan fingerprint density at radius 2 is 1.71 bits per heavy atom. The maximum Gasteiger partial charge on any atom is 0.227 e. The number of nitrogens with zero attached hydrogens (tertiary/aromatic N) is 1. The maximum absolute atomic E-state index is 12.3. The second-order valence-corrected chi connectivity index (χ2v) is 8.58. The summed E-state index contributed by atoms with van der Waals surface area (Å²) in [5, 5.41) is -0.344. The summed E-state index contributed by atoms with van der Waals surface area (Å²) in [6, 6.07) is 0.277. The van der Waals surface area contributed by atoms with Gasteiger partial charge < -0.3 is 4.90 Å². The van der Waals surface area contributed by atoms with Crippen LogP contribution in [0.2, 0.25) is 0 Å². The number of hydrogen-bond acceptors (Lipinski definition) is 2. The second-order valence-electron chi connectivity index (χ2n) is 8.21. The van der Waals surface area contributed by atoms with Crippen LogP contribution < -0.4 is 0 Å². The van der Waals surface area contributed by atoms with Gasteiger partial charge in [0.2, 0.25) is 11.1 Å². The second kappa shape index (κ2) is 4.71. The topological polar surface area (TPSA) is 37.4 Å². The van der Waals surface area contributed by atoms with Crippen LogP contribution in [0.15, 0.2) is 0 Å². The van der Waals surface area contributed by atoms with Gasteiger partial charge in [-0.15, -0.1) is 0 Å². The van der Waals surface area contributed by atoms with E-state index in [1.54, 1.807) is 0 Å². The summed E-state index contributed by atoms with van der Waals surface area (Å²) in [6.45, 7) is 2.77. The molecule has 5 fully saturated rings. The Morgan fingerprint density at radius 3 is 2.14 bits per heavy atom. The molecule has 0 radical (unpaired) electrons. The molecule has 21 heavy (non-hydrogen) atoms. The molecule has 0 unspecified atom stereocenters. The normalized spacial score (nSPS) is 46.2. The van der Waals surface area contributed by atoms with Crippen molar-refractivity contribution in [1.82, 2.24) is 4.90 Å². The molecule has 3 nitrogen and oxygen atoms in total. The Labute approximate surface area is 131 Å². The van der Waals surface area contributed by atoms with Crippen molar-refractivity contribution < 1.29 is 9.59 Å². The van der Waals surface area contributed by atoms with Gasteiger partial charge in [0.25, 0.3) is 0 Å². The molecule has 4 heteroatoms. The van der Waals surface area contributed by atoms with Crippen molar-refractivity contribution in [2.75, 3.05) is 6.54 Å². The molecule has 1 saturated heterocycles. The zero-order chi connectivity index (χ0) is 14.8. The fourth-order valence-corrected chi connectivity index (χ4v) is 6.42. The average molecular weight is 310 g/mol. The van der Waals surface area contributed by atoms with E-state index in [1.165, 1.54) is 38.5 Å². The SMILES string of the molecule is C[C@@H](N1C[C@@H](C(=O)Cl)CC1=O)C12CC3CC(CC(C3)C1)C2. The quantitative estimate of drug-likeness (QED) is 0.751. The Balaban J connectivity index is 1.56. The molecule has 4 bridgehead atoms. The number of rotatable bonds is 3. The monoisotopic (exact) mass is 309 g/mol. The molecular formula is C17H24ClNO2. The molecule has 1 aliphatic heterocycles. The third-order valence-corrected chi connectivity index (χ3v) is 7.23. The van der Waals surface area contributed by atoms with Crippen LogP contribution in [0.4, 0.5) is 0 Å². The van der Waals surface area contributed by atoms with E-state index in [2.05, 4.69) is 6.92 Å². The molecule has 2 atom stereocenters. The van der Waals surface area contributed by atoms with Crippen LogP contribution >= 0.6 is 11.6 Å². The zero-order valence-electron chi connectivity index (χ0n) is 12.7. The molecule has 4 aliphatic carbocycles. The molecule has 5 aliphatic rings. The molecule has 4 saturated carbocycles. The van der Waals surface area contributed by atoms with Crippen molar-refractivity contribution in [3.05, 3.63) is 0 Å². The highest BCUT2D eigenvalue weighted by Gasteiger charge is 2.55. The lowest BCUT2D eigenvalue weighted by Gasteiger charge is -2.60. The van der Waals surface area contributed by atoms with E-state index in [0.29, 0.717) is 18.4 Å². The Hall–Kier alpha value is -0.570. The van der Waals surface area contributed by atoms with Gasteiger partial charge in [-0.05, 0) is 80.2 Å². The molecule has 0 aromatic rings. The van der Waals surface area contributed by atoms with Gasteiger partial charge in [0.15, 0.2) is 0 Å². The van der Waals surface area contributed by atoms with Gasteiger partial charge in [-0.1, -0.05) is 0 Å². The third kappa shape index (κ3) is 2.15. The van der Waals surface area contributed by atoms with Crippen LogP contribution in [-0.2, 0) is 9.59 Å². The highest BCUT2D eigenvalue weighted by atomic mass is 35.5. The van der Waals surface area contributed by atoms with Crippen LogP contribution in [0.5, 0.6) is 0 Å². The number of carbonyl (C=O) groups is 2. The summed E-state index contributed by atoms with van der Waals surface area (Å²) in [5.74, 6) is 2.53. The van der Waals surface area contributed by atoms with Gasteiger partial charge in [0.1, 0.15) is 0 Å². The largest absolute Gasteiger partial charge is 0.339 e. The summed E-state index contributed by atoms with van der Waals surface area (Å²) in [7, 11) is 0. The lowest BCUT2D eigenvalue weighted by Crippen LogP contribution is -2.56. The van der Waals surface area contributed by atoms with Gasteiger partial charge in [-0.3, -0.25) is 9.59 Å². The summed E-state index contributed by atoms with van der Waals surface area (Å²) in [5.41, 5.74) is 0.328. The minimum atomic E-state index is -0.344. The summed E-state index contributed by atoms with van der Waals surface area (Å²) >= 11 is 5.62. The van der Waals surface area contributed by atoms with Crippen LogP contribution in [-0.4, -0.2) is 28.6 Å². The minimum absolute atomic E-state index is 0.136. The Bertz CT molecular complexity index is 454. The van der Waals surface area contributed by atoms with Gasteiger partial charge in [-0.25, -0.2) is 0 Å². The molecule has 0 aromatic carbocycles. The molecule has 116 valence electrons. The van der Waals surface area contributed by atoms with Gasteiger partial charge in [-0.2, -0.15) is 0 Å². The zero-order valence-corrected chi connectivity index (χ0v) is 13.4. The average Bonchev–Trinajstić information content (AvgIpc) is 2.78. The summed E-state index contributed by atoms with van der Waals surface area (Å²) in [6.07, 6.45) is 8.46. The van der Waals surface area contributed by atoms with E-state index < -0.39 is 0 Å². The first-order chi connectivity index (χ1) is 9.97. The van der Waals surface area contributed by atoms with E-state index in [0.717, 1.165) is 17.8 Å². The van der Waals surface area contributed by atoms with Crippen molar-refractivity contribution in [3.8, 4) is 0 Å². The predicted molar refractivity (Wildman–Crippen MR) is 80.7 cm³/mol. The van der Waals surface area contributed by atoms with Crippen molar-refractivity contribution in [2.24, 2.45) is 29.1 Å². The number of halogens is 1. The van der Waals surface area contributed by atoms with Crippen molar-refractivity contribution in [3.63, 3.8) is 0 Å². The first-order valence-electron chi connectivity index (χ1n) is 8.45. The fraction of sp³-hybridized carbons (Fsp3) is 0.882. The molecule has 1 heterocycles. The van der Waals surface area contributed by atoms with Crippen molar-refractivity contribution in [1.29, 1.82) is 0 Å². The van der Waals surface area contributed by atoms with Crippen LogP contribution in [0.3, 0.4) is 0 Å². The van der Waals surface area contributed by atoms with E-state index in [4.69, 9.17) is 11.6 Å². The van der Waals surface area contributed by atoms with E-state index in [-0.39, 0.29) is 23.1 Å². The molecule has 1 amide bonds. The minimum Gasteiger partial charge on any atom is -0.339 e. The smallest absolute Gasteiger partial charge is 0.227 e. The molecule has 0 spiro atoms. The van der Waals surface area contributed by atoms with E-state index in [9.17, 15) is 9.59 Å². The highest BCUT2D eigenvalue weighted by Crippen LogP contribution is 2.62. The summed E-state index contributed by atoms with van der Waals surface area (Å²) < 4.78 is 0. The number of amides is 1. The predicted octanol–water partition coefficient (Wildman–Crippen LogP) is 3.21. The van der Waals surface area contributed by atoms with Crippen LogP contribution in [0, 0.1) is 29.1 Å². The van der Waals surface area contributed by atoms with Crippen molar-refractivity contribution >= 4 is 22.8 Å². The molecular weight excluding hydrogens is 286 g/mol. The maximum atomic E-state index is 12.3. The third-order valence-electron chi connectivity index (χ3n) is 6.92. The lowest BCUT2D eigenvalue weighted by atomic mass is 9.47. The molecule has 0 aromatic heterocycles. The standard InChI is InChI=1S/C17H24ClNO2/c1-10(19-9-14(16(18)21)5-15(19)20)17-6-11-2-12(7-17)4-13(3-11)8-17/h10-14H,2-9H2,1H3/t10-,11?,12?,13?,14+,17?/m1/s1. The highest BCUT2D eigenvalue weighted by molar-refractivity contribution is 6.64. The van der Waals surface area contributed by atoms with Gasteiger partial charge in [0, 0.05) is 19.0 Å². The van der Waals surface area contributed by atoms with Crippen LogP contribution in [0.25, 0.3) is 0 Å². The van der Waals surface area contributed by atoms with Gasteiger partial charge >= 0.3 is 0 Å². The lowest BCUT2D eigenvalue weighted by molar-refractivity contribution is -0.140. The first kappa shape index (κ1) is 14.0. The Kier molecular flexibility index (Phi) is 3.15. The molecule has 5 rings (SSSR count). The number of hydrogen-bond donors (Lipinski definition) is 0.